The number of aryl methyl sites for hydroxylation is 1. The van der Waals surface area contributed by atoms with Crippen LogP contribution < -0.4 is 5.32 Å². The summed E-state index contributed by atoms with van der Waals surface area (Å²) in [5.74, 6) is 1.71. The number of nitrogens with zero attached hydrogens (tertiary/aromatic N) is 5. The predicted octanol–water partition coefficient (Wildman–Crippen LogP) is 5.60. The number of Topliss-reactive ketones (excluding diaryl/α,β-unsaturated/α-hetero) is 2. The van der Waals surface area contributed by atoms with Crippen LogP contribution in [0.25, 0.3) is 0 Å². The molecule has 0 bridgehead atoms. The number of carbonyl (C=O) groups excluding carboxylic acids is 2. The van der Waals surface area contributed by atoms with Crippen molar-refractivity contribution in [3.8, 4) is 6.07 Å². The molecule has 6 rings (SSSR count). The summed E-state index contributed by atoms with van der Waals surface area (Å²) in [7, 11) is 1.79. The van der Waals surface area contributed by atoms with Gasteiger partial charge in [0.05, 0.1) is 19.2 Å². The first kappa shape index (κ1) is 29.7. The number of fused-ring (bicyclic) bond motifs is 7. The number of hydrogen-bond donors (Lipinski definition) is 1. The number of tetrazole rings is 1. The number of allylic oxidation sites excluding steroid dienone is 2. The number of carbonyl (C=O) groups is 2. The molecule has 0 unspecified atom stereocenters. The van der Waals surface area contributed by atoms with Gasteiger partial charge in [0.2, 0.25) is 0 Å². The summed E-state index contributed by atoms with van der Waals surface area (Å²) in [6.07, 6.45) is 10.1. The molecule has 1 aromatic rings. The molecule has 4 fully saturated rings. The molecule has 1 aromatic heterocycles. The lowest BCUT2D eigenvalue weighted by Gasteiger charge is -2.72. The fraction of sp³-hybridized carbons (Fsp3) is 0.824. The van der Waals surface area contributed by atoms with E-state index < -0.39 is 5.41 Å². The van der Waals surface area contributed by atoms with E-state index in [4.69, 9.17) is 0 Å². The van der Waals surface area contributed by atoms with Crippen LogP contribution in [0.3, 0.4) is 0 Å². The largest absolute Gasteiger partial charge is 0.309 e. The Bertz CT molecular complexity index is 1390. The van der Waals surface area contributed by atoms with Crippen molar-refractivity contribution < 1.29 is 9.59 Å². The Morgan fingerprint density at radius 3 is 2.38 bits per heavy atom. The number of nitriles is 1. The summed E-state index contributed by atoms with van der Waals surface area (Å²) in [5.41, 5.74) is -0.548. The third-order valence-corrected chi connectivity index (χ3v) is 14.0. The van der Waals surface area contributed by atoms with Crippen molar-refractivity contribution in [2.24, 2.45) is 63.2 Å². The van der Waals surface area contributed by atoms with Crippen LogP contribution in [0.2, 0.25) is 0 Å². The van der Waals surface area contributed by atoms with Crippen LogP contribution >= 0.6 is 0 Å². The van der Waals surface area contributed by atoms with Gasteiger partial charge in [-0.15, -0.1) is 10.2 Å². The van der Waals surface area contributed by atoms with Gasteiger partial charge in [0.25, 0.3) is 0 Å². The molecule has 228 valence electrons. The fourth-order valence-corrected chi connectivity index (χ4v) is 11.5. The van der Waals surface area contributed by atoms with Crippen molar-refractivity contribution in [3.63, 3.8) is 0 Å². The van der Waals surface area contributed by atoms with Gasteiger partial charge in [-0.05, 0) is 95.0 Å². The molecule has 5 aliphatic rings. The molecule has 0 aromatic carbocycles. The molecule has 8 atom stereocenters. The van der Waals surface area contributed by atoms with Crippen molar-refractivity contribution in [2.75, 3.05) is 6.54 Å². The monoisotopic (exact) mass is 574 g/mol. The normalized spacial score (nSPS) is 43.7. The molecule has 0 radical (unpaired) electrons. The van der Waals surface area contributed by atoms with Crippen molar-refractivity contribution >= 4 is 11.6 Å². The van der Waals surface area contributed by atoms with E-state index >= 15 is 0 Å². The van der Waals surface area contributed by atoms with Crippen molar-refractivity contribution in [1.82, 2.24) is 25.5 Å². The van der Waals surface area contributed by atoms with Gasteiger partial charge in [0.1, 0.15) is 11.9 Å². The summed E-state index contributed by atoms with van der Waals surface area (Å²) in [6.45, 7) is 17.5. The van der Waals surface area contributed by atoms with Crippen LogP contribution in [-0.4, -0.2) is 38.3 Å². The molecule has 5 aliphatic carbocycles. The van der Waals surface area contributed by atoms with Gasteiger partial charge in [-0.3, -0.25) is 9.59 Å². The van der Waals surface area contributed by atoms with E-state index in [0.29, 0.717) is 36.1 Å². The minimum absolute atomic E-state index is 0.0290. The van der Waals surface area contributed by atoms with E-state index in [1.807, 2.05) is 19.9 Å². The lowest BCUT2D eigenvalue weighted by molar-refractivity contribution is -0.222. The van der Waals surface area contributed by atoms with Crippen LogP contribution in [0.4, 0.5) is 0 Å². The number of hydrogen-bond acceptors (Lipinski definition) is 7. The highest BCUT2D eigenvalue weighted by molar-refractivity contribution is 6.04. The molecular formula is C34H50N6O2. The molecule has 0 aliphatic heterocycles. The molecule has 0 saturated heterocycles. The fourth-order valence-electron chi connectivity index (χ4n) is 11.5. The topological polar surface area (TPSA) is 114 Å². The smallest absolute Gasteiger partial charge is 0.188 e. The highest BCUT2D eigenvalue weighted by atomic mass is 16.1. The third kappa shape index (κ3) is 3.97. The van der Waals surface area contributed by atoms with E-state index in [1.165, 1.54) is 11.2 Å². The van der Waals surface area contributed by atoms with Crippen molar-refractivity contribution in [2.45, 2.75) is 106 Å². The molecular weight excluding hydrogens is 524 g/mol. The number of aromatic nitrogens is 4. The van der Waals surface area contributed by atoms with Crippen molar-refractivity contribution in [1.29, 1.82) is 5.26 Å². The molecule has 8 nitrogen and oxygen atoms in total. The standard InChI is InChI=1S/C34H50N6O2/c1-29(2)11-13-34(20-36-19-26-37-39-40(8)38-26)14-12-33(7)27(22(34)17-29)23(41)15-25-31(5)16-21(18-35)28(42)30(3,4)24(31)9-10-32(25,33)6/h16,22,24-25,27,36H,9-15,17,19-20H2,1-8H3/t22-,24-,25+,27-,31-,32+,33+,34+/m0/s1. The maximum atomic E-state index is 14.7. The molecule has 42 heavy (non-hydrogen) atoms. The lowest BCUT2D eigenvalue weighted by Crippen LogP contribution is -2.69. The maximum Gasteiger partial charge on any atom is 0.188 e. The minimum atomic E-state index is -0.602. The summed E-state index contributed by atoms with van der Waals surface area (Å²) in [6, 6.07) is 2.24. The number of rotatable bonds is 4. The summed E-state index contributed by atoms with van der Waals surface area (Å²) in [4.78, 5) is 29.6. The van der Waals surface area contributed by atoms with Crippen molar-refractivity contribution in [3.05, 3.63) is 17.5 Å². The van der Waals surface area contributed by atoms with Gasteiger partial charge in [0.15, 0.2) is 11.6 Å². The van der Waals surface area contributed by atoms with E-state index in [2.05, 4.69) is 61.4 Å². The molecule has 0 amide bonds. The van der Waals surface area contributed by atoms with Gasteiger partial charge in [-0.1, -0.05) is 54.5 Å². The SMILES string of the molecule is Cn1nnc(CNC[C@]23CCC(C)(C)C[C@H]2[C@H]2C(=O)C[C@@H]4[C@@]5(C)C=C(C#N)C(=O)C(C)(C)[C@@H]5CC[C@@]4(C)[C@]2(C)CC3)n1. The maximum absolute atomic E-state index is 14.7. The van der Waals surface area contributed by atoms with Gasteiger partial charge in [-0.25, -0.2) is 0 Å². The average Bonchev–Trinajstić information content (AvgIpc) is 3.33. The molecule has 1 N–H and O–H groups in total. The Hall–Kier alpha value is -2.40. The number of nitrogens with one attached hydrogen (secondary N) is 1. The van der Waals surface area contributed by atoms with Crippen LogP contribution in [0.5, 0.6) is 0 Å². The van der Waals surface area contributed by atoms with Gasteiger partial charge in [-0.2, -0.15) is 10.1 Å². The van der Waals surface area contributed by atoms with Gasteiger partial charge >= 0.3 is 0 Å². The highest BCUT2D eigenvalue weighted by Crippen LogP contribution is 2.75. The Kier molecular flexibility index (Phi) is 6.57. The second kappa shape index (κ2) is 9.30. The van der Waals surface area contributed by atoms with Crippen LogP contribution in [-0.2, 0) is 23.2 Å². The van der Waals surface area contributed by atoms with E-state index in [9.17, 15) is 14.9 Å². The predicted molar refractivity (Wildman–Crippen MR) is 159 cm³/mol. The first-order chi connectivity index (χ1) is 19.5. The molecule has 4 saturated carbocycles. The van der Waals surface area contributed by atoms with E-state index in [1.54, 1.807) is 7.05 Å². The summed E-state index contributed by atoms with van der Waals surface area (Å²) >= 11 is 0. The molecule has 0 spiro atoms. The highest BCUT2D eigenvalue weighted by Gasteiger charge is 2.72. The molecule has 1 heterocycles. The van der Waals surface area contributed by atoms with Gasteiger partial charge < -0.3 is 5.32 Å². The Balaban J connectivity index is 1.37. The minimum Gasteiger partial charge on any atom is -0.309 e. The quantitative estimate of drug-likeness (QED) is 0.498. The Morgan fingerprint density at radius 1 is 1.00 bits per heavy atom. The van der Waals surface area contributed by atoms with E-state index in [-0.39, 0.29) is 50.6 Å². The second-order valence-corrected chi connectivity index (χ2v) is 16.8. The Labute approximate surface area is 251 Å². The zero-order chi connectivity index (χ0) is 30.5. The van der Waals surface area contributed by atoms with Crippen LogP contribution in [0.15, 0.2) is 11.6 Å². The zero-order valence-corrected chi connectivity index (χ0v) is 27.0. The van der Waals surface area contributed by atoms with Crippen LogP contribution in [0.1, 0.15) is 106 Å². The zero-order valence-electron chi connectivity index (χ0n) is 27.0. The summed E-state index contributed by atoms with van der Waals surface area (Å²) in [5, 5.41) is 26.2. The summed E-state index contributed by atoms with van der Waals surface area (Å²) < 4.78 is 0. The average molecular weight is 575 g/mol. The first-order valence-corrected chi connectivity index (χ1v) is 16.2. The second-order valence-electron chi connectivity index (χ2n) is 16.8. The lowest BCUT2D eigenvalue weighted by atomic mass is 9.31. The third-order valence-electron chi connectivity index (χ3n) is 14.0. The van der Waals surface area contributed by atoms with E-state index in [0.717, 1.165) is 45.1 Å². The van der Waals surface area contributed by atoms with Gasteiger partial charge in [0, 0.05) is 24.3 Å². The Morgan fingerprint density at radius 2 is 1.71 bits per heavy atom. The molecule has 8 heteroatoms. The number of ketones is 2. The van der Waals surface area contributed by atoms with Crippen LogP contribution in [0, 0.1) is 67.5 Å². The first-order valence-electron chi connectivity index (χ1n) is 16.2.